The summed E-state index contributed by atoms with van der Waals surface area (Å²) in [6, 6.07) is 35.8. The van der Waals surface area contributed by atoms with E-state index in [-0.39, 0.29) is 12.3 Å². The van der Waals surface area contributed by atoms with Crippen LogP contribution in [-0.2, 0) is 30.8 Å². The van der Waals surface area contributed by atoms with E-state index in [0.29, 0.717) is 24.9 Å². The Bertz CT molecular complexity index is 1650. The topological polar surface area (TPSA) is 73.3 Å². The second-order valence-corrected chi connectivity index (χ2v) is 11.7. The molecule has 6 heteroatoms. The molecule has 1 N–H and O–H groups in total. The molecule has 1 saturated carbocycles. The second-order valence-electron chi connectivity index (χ2n) is 11.7. The zero-order valence-corrected chi connectivity index (χ0v) is 25.5. The average Bonchev–Trinajstić information content (AvgIpc) is 3.09. The van der Waals surface area contributed by atoms with E-state index in [1.807, 2.05) is 97.1 Å². The molecule has 0 aliphatic heterocycles. The maximum atomic E-state index is 13.2. The average molecular weight is 598 g/mol. The smallest absolute Gasteiger partial charge is 0.229 e. The van der Waals surface area contributed by atoms with E-state index in [1.165, 1.54) is 32.1 Å². The third-order valence-corrected chi connectivity index (χ3v) is 8.24. The van der Waals surface area contributed by atoms with Gasteiger partial charge in [-0.1, -0.05) is 105 Å². The SMILES string of the molecule is O=C(Cc1ccc(OCc2ccccc2)cc1)Nc1ncc(-c2ccc(OCc3ccccc3)cc2)nc1CC1CCCCC1. The Morgan fingerprint density at radius 1 is 0.689 bits per heavy atom. The maximum absolute atomic E-state index is 13.2. The predicted molar refractivity (Wildman–Crippen MR) is 178 cm³/mol. The first kappa shape index (κ1) is 30.1. The summed E-state index contributed by atoms with van der Waals surface area (Å²) in [6.45, 7) is 1.03. The highest BCUT2D eigenvalue weighted by Gasteiger charge is 2.19. The molecule has 45 heavy (non-hydrogen) atoms. The molecule has 0 saturated heterocycles. The number of nitrogens with zero attached hydrogens (tertiary/aromatic N) is 2. The lowest BCUT2D eigenvalue weighted by Gasteiger charge is -2.22. The number of rotatable bonds is 12. The summed E-state index contributed by atoms with van der Waals surface area (Å²) in [5.41, 5.74) is 5.75. The van der Waals surface area contributed by atoms with Crippen molar-refractivity contribution >= 4 is 11.7 Å². The number of hydrogen-bond donors (Lipinski definition) is 1. The summed E-state index contributed by atoms with van der Waals surface area (Å²) in [5.74, 6) is 2.57. The quantitative estimate of drug-likeness (QED) is 0.156. The normalized spacial score (nSPS) is 13.2. The Hall–Kier alpha value is -4.97. The van der Waals surface area contributed by atoms with Crippen LogP contribution in [0.2, 0.25) is 0 Å². The number of aromatic nitrogens is 2. The monoisotopic (exact) mass is 597 g/mol. The van der Waals surface area contributed by atoms with Gasteiger partial charge in [0, 0.05) is 5.56 Å². The summed E-state index contributed by atoms with van der Waals surface area (Å²) >= 11 is 0. The second kappa shape index (κ2) is 15.2. The molecule has 1 fully saturated rings. The van der Waals surface area contributed by atoms with E-state index in [4.69, 9.17) is 19.4 Å². The number of hydrogen-bond acceptors (Lipinski definition) is 5. The zero-order chi connectivity index (χ0) is 30.7. The lowest BCUT2D eigenvalue weighted by molar-refractivity contribution is -0.115. The van der Waals surface area contributed by atoms with Crippen LogP contribution in [-0.4, -0.2) is 15.9 Å². The molecule has 1 aliphatic rings. The first-order chi connectivity index (χ1) is 22.2. The standard InChI is InChI=1S/C39H39N3O3/c43-38(25-30-16-20-34(21-17-30)44-27-31-12-6-2-7-13-31)42-39-36(24-29-10-4-1-5-11-29)41-37(26-40-39)33-18-22-35(23-19-33)45-28-32-14-8-3-9-15-32/h2-3,6-9,12-23,26,29H,1,4-5,10-11,24-25,27-28H2,(H,40,42,43). The lowest BCUT2D eigenvalue weighted by Crippen LogP contribution is -2.19. The third-order valence-electron chi connectivity index (χ3n) is 8.24. The van der Waals surface area contributed by atoms with E-state index in [2.05, 4.69) is 17.4 Å². The number of amides is 1. The van der Waals surface area contributed by atoms with Crippen LogP contribution in [0.5, 0.6) is 11.5 Å². The van der Waals surface area contributed by atoms with Crippen LogP contribution >= 0.6 is 0 Å². The molecule has 1 amide bonds. The summed E-state index contributed by atoms with van der Waals surface area (Å²) < 4.78 is 11.9. The van der Waals surface area contributed by atoms with E-state index < -0.39 is 0 Å². The molecule has 0 radical (unpaired) electrons. The van der Waals surface area contributed by atoms with Crippen molar-refractivity contribution in [1.29, 1.82) is 0 Å². The van der Waals surface area contributed by atoms with E-state index >= 15 is 0 Å². The molecule has 1 aliphatic carbocycles. The van der Waals surface area contributed by atoms with Gasteiger partial charge in [0.05, 0.1) is 24.0 Å². The van der Waals surface area contributed by atoms with Gasteiger partial charge in [-0.25, -0.2) is 9.97 Å². The van der Waals surface area contributed by atoms with Crippen LogP contribution in [0.25, 0.3) is 11.3 Å². The van der Waals surface area contributed by atoms with Crippen molar-refractivity contribution < 1.29 is 14.3 Å². The van der Waals surface area contributed by atoms with Gasteiger partial charge in [-0.3, -0.25) is 4.79 Å². The third kappa shape index (κ3) is 8.79. The summed E-state index contributed by atoms with van der Waals surface area (Å²) in [4.78, 5) is 22.9. The number of benzene rings is 4. The maximum Gasteiger partial charge on any atom is 0.229 e. The zero-order valence-electron chi connectivity index (χ0n) is 25.5. The highest BCUT2D eigenvalue weighted by atomic mass is 16.5. The molecular weight excluding hydrogens is 558 g/mol. The minimum atomic E-state index is -0.111. The molecule has 6 nitrogen and oxygen atoms in total. The van der Waals surface area contributed by atoms with Gasteiger partial charge in [0.15, 0.2) is 5.82 Å². The Kier molecular flexibility index (Phi) is 10.1. The van der Waals surface area contributed by atoms with Crippen LogP contribution in [0.3, 0.4) is 0 Å². The van der Waals surface area contributed by atoms with Crippen molar-refractivity contribution in [3.8, 4) is 22.8 Å². The minimum absolute atomic E-state index is 0.111. The first-order valence-corrected chi connectivity index (χ1v) is 15.9. The Morgan fingerprint density at radius 3 is 1.87 bits per heavy atom. The Morgan fingerprint density at radius 2 is 1.27 bits per heavy atom. The van der Waals surface area contributed by atoms with Crippen LogP contribution < -0.4 is 14.8 Å². The molecule has 4 aromatic carbocycles. The molecule has 6 rings (SSSR count). The van der Waals surface area contributed by atoms with Crippen molar-refractivity contribution in [3.63, 3.8) is 0 Å². The van der Waals surface area contributed by atoms with Gasteiger partial charge in [-0.15, -0.1) is 0 Å². The molecule has 0 bridgehead atoms. The van der Waals surface area contributed by atoms with Crippen LogP contribution in [0, 0.1) is 5.92 Å². The number of carbonyl (C=O) groups is 1. The largest absolute Gasteiger partial charge is 0.489 e. The van der Waals surface area contributed by atoms with Crippen LogP contribution in [0.15, 0.2) is 115 Å². The van der Waals surface area contributed by atoms with E-state index in [9.17, 15) is 4.79 Å². The summed E-state index contributed by atoms with van der Waals surface area (Å²) in [5, 5.41) is 3.07. The van der Waals surface area contributed by atoms with E-state index in [1.54, 1.807) is 6.20 Å². The number of nitrogens with one attached hydrogen (secondary N) is 1. The van der Waals surface area contributed by atoms with Gasteiger partial charge in [-0.05, 0) is 65.4 Å². The van der Waals surface area contributed by atoms with E-state index in [0.717, 1.165) is 51.6 Å². The molecule has 0 unspecified atom stereocenters. The van der Waals surface area contributed by atoms with Gasteiger partial charge in [0.2, 0.25) is 5.91 Å². The lowest BCUT2D eigenvalue weighted by atomic mass is 9.86. The molecule has 0 spiro atoms. The van der Waals surface area contributed by atoms with Gasteiger partial charge >= 0.3 is 0 Å². The van der Waals surface area contributed by atoms with Gasteiger partial charge in [-0.2, -0.15) is 0 Å². The minimum Gasteiger partial charge on any atom is -0.489 e. The Labute approximate surface area is 265 Å². The van der Waals surface area contributed by atoms with Gasteiger partial charge in [0.1, 0.15) is 24.7 Å². The van der Waals surface area contributed by atoms with Crippen molar-refractivity contribution in [3.05, 3.63) is 138 Å². The number of carbonyl (C=O) groups excluding carboxylic acids is 1. The fourth-order valence-electron chi connectivity index (χ4n) is 5.75. The van der Waals surface area contributed by atoms with Gasteiger partial charge in [0.25, 0.3) is 0 Å². The highest BCUT2D eigenvalue weighted by molar-refractivity contribution is 5.92. The van der Waals surface area contributed by atoms with Crippen molar-refractivity contribution in [2.24, 2.45) is 5.92 Å². The first-order valence-electron chi connectivity index (χ1n) is 15.9. The van der Waals surface area contributed by atoms with Crippen LogP contribution in [0.4, 0.5) is 5.82 Å². The fourth-order valence-corrected chi connectivity index (χ4v) is 5.75. The molecule has 1 aromatic heterocycles. The van der Waals surface area contributed by atoms with Crippen molar-refractivity contribution in [2.75, 3.05) is 5.32 Å². The molecule has 5 aromatic rings. The molecule has 1 heterocycles. The number of ether oxygens (including phenoxy) is 2. The molecular formula is C39H39N3O3. The van der Waals surface area contributed by atoms with Gasteiger partial charge < -0.3 is 14.8 Å². The predicted octanol–water partition coefficient (Wildman–Crippen LogP) is 8.61. The molecule has 0 atom stereocenters. The van der Waals surface area contributed by atoms with Crippen molar-refractivity contribution in [1.82, 2.24) is 9.97 Å². The fraction of sp³-hybridized carbons (Fsp3) is 0.256. The Balaban J connectivity index is 1.11. The summed E-state index contributed by atoms with van der Waals surface area (Å²) in [7, 11) is 0. The van der Waals surface area contributed by atoms with Crippen molar-refractivity contribution in [2.45, 2.75) is 58.2 Å². The highest BCUT2D eigenvalue weighted by Crippen LogP contribution is 2.30. The molecule has 228 valence electrons. The summed E-state index contributed by atoms with van der Waals surface area (Å²) in [6.07, 6.45) is 8.96. The number of anilines is 1. The van der Waals surface area contributed by atoms with Crippen LogP contribution in [0.1, 0.15) is 54.5 Å².